The van der Waals surface area contributed by atoms with Gasteiger partial charge in [0.2, 0.25) is 0 Å². The summed E-state index contributed by atoms with van der Waals surface area (Å²) >= 11 is 0. The Morgan fingerprint density at radius 1 is 0.311 bits per heavy atom. The van der Waals surface area contributed by atoms with Crippen LogP contribution < -0.4 is 0 Å². The van der Waals surface area contributed by atoms with E-state index >= 15 is 0 Å². The summed E-state index contributed by atoms with van der Waals surface area (Å²) in [5.41, 5.74) is 0. The van der Waals surface area contributed by atoms with Gasteiger partial charge in [-0.2, -0.15) is 0 Å². The van der Waals surface area contributed by atoms with Crippen LogP contribution in [-0.2, 0) is 19.1 Å². The van der Waals surface area contributed by atoms with Gasteiger partial charge in [0.15, 0.2) is 6.10 Å². The third kappa shape index (κ3) is 60.9. The van der Waals surface area contributed by atoms with Gasteiger partial charge >= 0.3 is 11.9 Å². The quantitative estimate of drug-likeness (QED) is 0.0373. The molecule has 1 atom stereocenters. The third-order valence-corrected chi connectivity index (χ3v) is 13.3. The minimum Gasteiger partial charge on any atom is -0.462 e. The molecule has 5 nitrogen and oxygen atoms in total. The smallest absolute Gasteiger partial charge is 0.306 e. The van der Waals surface area contributed by atoms with Crippen LogP contribution in [0.4, 0.5) is 0 Å². The summed E-state index contributed by atoms with van der Waals surface area (Å²) in [4.78, 5) is 24.6. The molecule has 0 fully saturated rings. The predicted molar refractivity (Wildman–Crippen MR) is 325 cm³/mol. The van der Waals surface area contributed by atoms with Gasteiger partial charge in [0.25, 0.3) is 0 Å². The van der Waals surface area contributed by atoms with E-state index in [1.54, 1.807) is 0 Å². The minimum absolute atomic E-state index is 0.0800. The SMILES string of the molecule is CC/C=C\C/C=C\C/C=C\C/C=C\C/C=C\C/C=C\CCCCCCC(=O)OC(CO)COC(=O)CCCCCCCCCCCCCCCCCCCCCCCCCC/C=C\C/C=C\C/C=C\C/C=C\CC. The number of aliphatic hydroxyl groups is 1. The molecule has 0 spiro atoms. The van der Waals surface area contributed by atoms with E-state index in [2.05, 4.69) is 135 Å². The number of carbonyl (C=O) groups excluding carboxylic acids is 2. The molecule has 0 aromatic carbocycles. The van der Waals surface area contributed by atoms with Crippen LogP contribution in [0.25, 0.3) is 0 Å². The highest BCUT2D eigenvalue weighted by Gasteiger charge is 2.16. The number of unbranched alkanes of at least 4 members (excludes halogenated alkanes) is 28. The van der Waals surface area contributed by atoms with Crippen LogP contribution in [0.15, 0.2) is 122 Å². The monoisotopic (exact) mass is 1020 g/mol. The molecule has 0 aromatic rings. The lowest BCUT2D eigenvalue weighted by molar-refractivity contribution is -0.161. The van der Waals surface area contributed by atoms with E-state index < -0.39 is 6.10 Å². The first-order valence-electron chi connectivity index (χ1n) is 31.1. The Morgan fingerprint density at radius 2 is 0.541 bits per heavy atom. The largest absolute Gasteiger partial charge is 0.462 e. The van der Waals surface area contributed by atoms with E-state index in [4.69, 9.17) is 9.47 Å². The molecule has 0 aliphatic carbocycles. The van der Waals surface area contributed by atoms with E-state index in [0.717, 1.165) is 116 Å². The van der Waals surface area contributed by atoms with Gasteiger partial charge in [0.05, 0.1) is 6.61 Å². The lowest BCUT2D eigenvalue weighted by Gasteiger charge is -2.15. The molecule has 0 heterocycles. The molecule has 0 bridgehead atoms. The first kappa shape index (κ1) is 70.3. The van der Waals surface area contributed by atoms with Crippen molar-refractivity contribution >= 4 is 11.9 Å². The van der Waals surface area contributed by atoms with E-state index in [0.29, 0.717) is 12.8 Å². The lowest BCUT2D eigenvalue weighted by atomic mass is 10.0. The molecule has 0 radical (unpaired) electrons. The van der Waals surface area contributed by atoms with Gasteiger partial charge < -0.3 is 14.6 Å². The summed E-state index contributed by atoms with van der Waals surface area (Å²) in [6.07, 6.45) is 93.4. The highest BCUT2D eigenvalue weighted by molar-refractivity contribution is 5.70. The zero-order valence-electron chi connectivity index (χ0n) is 48.3. The Bertz CT molecular complexity index is 1490. The molecule has 0 amide bonds. The fraction of sp³-hybridized carbons (Fsp3) is 0.681. The molecule has 5 heteroatoms. The maximum atomic E-state index is 12.3. The predicted octanol–water partition coefficient (Wildman–Crippen LogP) is 21.4. The maximum Gasteiger partial charge on any atom is 0.306 e. The van der Waals surface area contributed by atoms with Crippen LogP contribution >= 0.6 is 0 Å². The van der Waals surface area contributed by atoms with Crippen LogP contribution in [0.5, 0.6) is 0 Å². The van der Waals surface area contributed by atoms with Crippen molar-refractivity contribution in [2.45, 2.75) is 290 Å². The molecule has 0 aliphatic rings. The molecule has 0 saturated carbocycles. The maximum absolute atomic E-state index is 12.3. The lowest BCUT2D eigenvalue weighted by Crippen LogP contribution is -2.28. The standard InChI is InChI=1S/C69H116O5/c1-3-5-7-9-11-13-15-17-19-21-23-25-27-28-29-30-31-32-33-34-35-36-37-38-39-40-42-43-45-47-49-51-53-55-57-59-61-63-68(71)73-66-67(65-70)74-69(72)64-62-60-58-56-54-52-50-48-46-44-41-26-24-22-20-18-16-14-12-10-8-6-4-2/h5-8,11-14,17-20,23-26,44,46,50,52,67,70H,3-4,9-10,15-16,21-22,27-43,45,47-49,51,53-66H2,1-2H3/b7-5-,8-6-,13-11-,14-12-,19-17-,20-18-,25-23-,26-24-,46-44-,52-50-. The number of ether oxygens (including phenoxy) is 2. The first-order chi connectivity index (χ1) is 36.6. The van der Waals surface area contributed by atoms with Crippen molar-refractivity contribution in [1.82, 2.24) is 0 Å². The average Bonchev–Trinajstić information content (AvgIpc) is 3.40. The topological polar surface area (TPSA) is 72.8 Å². The normalized spacial score (nSPS) is 13.1. The summed E-state index contributed by atoms with van der Waals surface area (Å²) in [6, 6.07) is 0. The third-order valence-electron chi connectivity index (χ3n) is 13.3. The Hall–Kier alpha value is -3.70. The highest BCUT2D eigenvalue weighted by Crippen LogP contribution is 2.17. The van der Waals surface area contributed by atoms with Gasteiger partial charge in [-0.15, -0.1) is 0 Å². The summed E-state index contributed by atoms with van der Waals surface area (Å²) in [5, 5.41) is 9.66. The second-order valence-electron chi connectivity index (χ2n) is 20.4. The fourth-order valence-electron chi connectivity index (χ4n) is 8.67. The van der Waals surface area contributed by atoms with Gasteiger partial charge in [-0.25, -0.2) is 0 Å². The van der Waals surface area contributed by atoms with Crippen molar-refractivity contribution in [3.05, 3.63) is 122 Å². The number of hydrogen-bond donors (Lipinski definition) is 1. The second-order valence-corrected chi connectivity index (χ2v) is 20.4. The Balaban J connectivity index is 3.48. The zero-order chi connectivity index (χ0) is 53.4. The number of rotatable bonds is 56. The number of allylic oxidation sites excluding steroid dienone is 20. The van der Waals surface area contributed by atoms with Gasteiger partial charge in [0, 0.05) is 12.8 Å². The van der Waals surface area contributed by atoms with Crippen molar-refractivity contribution in [2.24, 2.45) is 0 Å². The molecule has 1 unspecified atom stereocenters. The zero-order valence-corrected chi connectivity index (χ0v) is 48.3. The molecular formula is C69H116O5. The second kappa shape index (κ2) is 63.6. The highest BCUT2D eigenvalue weighted by atomic mass is 16.6. The number of aliphatic hydroxyl groups excluding tert-OH is 1. The fourth-order valence-corrected chi connectivity index (χ4v) is 8.67. The van der Waals surface area contributed by atoms with Crippen molar-refractivity contribution in [3.8, 4) is 0 Å². The number of esters is 2. The molecule has 0 aliphatic heterocycles. The van der Waals surface area contributed by atoms with Gasteiger partial charge in [0.1, 0.15) is 6.61 Å². The van der Waals surface area contributed by atoms with Crippen LogP contribution in [0.3, 0.4) is 0 Å². The van der Waals surface area contributed by atoms with E-state index in [9.17, 15) is 14.7 Å². The van der Waals surface area contributed by atoms with E-state index in [1.165, 1.54) is 141 Å². The number of carbonyl (C=O) groups is 2. The van der Waals surface area contributed by atoms with Crippen molar-refractivity contribution in [3.63, 3.8) is 0 Å². The minimum atomic E-state index is -0.793. The summed E-state index contributed by atoms with van der Waals surface area (Å²) in [5.74, 6) is -0.616. The molecular weight excluding hydrogens is 909 g/mol. The van der Waals surface area contributed by atoms with Crippen molar-refractivity contribution < 1.29 is 24.2 Å². The van der Waals surface area contributed by atoms with Gasteiger partial charge in [-0.05, 0) is 103 Å². The van der Waals surface area contributed by atoms with Crippen molar-refractivity contribution in [2.75, 3.05) is 13.2 Å². The van der Waals surface area contributed by atoms with Gasteiger partial charge in [-0.1, -0.05) is 289 Å². The Labute approximate surface area is 458 Å². The van der Waals surface area contributed by atoms with E-state index in [1.807, 2.05) is 0 Å². The molecule has 0 aromatic heterocycles. The van der Waals surface area contributed by atoms with Crippen LogP contribution in [0.1, 0.15) is 284 Å². The van der Waals surface area contributed by atoms with Crippen LogP contribution in [-0.4, -0.2) is 36.4 Å². The molecule has 74 heavy (non-hydrogen) atoms. The average molecular weight is 1030 g/mol. The summed E-state index contributed by atoms with van der Waals surface area (Å²) < 4.78 is 10.7. The summed E-state index contributed by atoms with van der Waals surface area (Å²) in [7, 11) is 0. The Morgan fingerprint density at radius 3 is 0.811 bits per heavy atom. The summed E-state index contributed by atoms with van der Waals surface area (Å²) in [6.45, 7) is 3.91. The molecule has 422 valence electrons. The van der Waals surface area contributed by atoms with Crippen LogP contribution in [0.2, 0.25) is 0 Å². The molecule has 1 N–H and O–H groups in total. The van der Waals surface area contributed by atoms with E-state index in [-0.39, 0.29) is 25.2 Å². The van der Waals surface area contributed by atoms with Gasteiger partial charge in [-0.3, -0.25) is 9.59 Å². The first-order valence-corrected chi connectivity index (χ1v) is 31.1. The molecule has 0 saturated heterocycles. The number of hydrogen-bond acceptors (Lipinski definition) is 5. The van der Waals surface area contributed by atoms with Crippen LogP contribution in [0, 0.1) is 0 Å². The van der Waals surface area contributed by atoms with Crippen molar-refractivity contribution in [1.29, 1.82) is 0 Å². The molecule has 0 rings (SSSR count). The Kier molecular flexibility index (Phi) is 60.4.